The van der Waals surface area contributed by atoms with Gasteiger partial charge in [-0.1, -0.05) is 19.1 Å². The molecule has 1 N–H and O–H groups in total. The second kappa shape index (κ2) is 4.06. The number of hydrogen-bond donors (Lipinski definition) is 1. The first-order valence-electron chi connectivity index (χ1n) is 4.24. The van der Waals surface area contributed by atoms with Crippen LogP contribution in [-0.4, -0.2) is 15.0 Å². The lowest BCUT2D eigenvalue weighted by Gasteiger charge is -2.06. The summed E-state index contributed by atoms with van der Waals surface area (Å²) < 4.78 is 38.5. The van der Waals surface area contributed by atoms with Crippen LogP contribution in [0, 0.1) is 12.7 Å². The predicted octanol–water partition coefficient (Wildman–Crippen LogP) is 1.43. The molecule has 0 bridgehead atoms. The van der Waals surface area contributed by atoms with Gasteiger partial charge in [0.1, 0.15) is 10.7 Å². The number of halogens is 1. The van der Waals surface area contributed by atoms with Crippen LogP contribution in [0.4, 0.5) is 4.39 Å². The Hall–Kier alpha value is -0.940. The highest BCUT2D eigenvalue weighted by atomic mass is 32.2. The molecule has 1 aromatic rings. The lowest BCUT2D eigenvalue weighted by atomic mass is 10.2. The van der Waals surface area contributed by atoms with Gasteiger partial charge in [0.25, 0.3) is 0 Å². The van der Waals surface area contributed by atoms with E-state index in [2.05, 4.69) is 4.72 Å². The highest BCUT2D eigenvalue weighted by Crippen LogP contribution is 2.16. The van der Waals surface area contributed by atoms with Gasteiger partial charge in [0, 0.05) is 6.54 Å². The van der Waals surface area contributed by atoms with Crippen LogP contribution < -0.4 is 4.72 Å². The molecule has 0 radical (unpaired) electrons. The molecule has 0 fully saturated rings. The molecule has 0 aliphatic heterocycles. The van der Waals surface area contributed by atoms with Crippen LogP contribution in [0.5, 0.6) is 0 Å². The van der Waals surface area contributed by atoms with Gasteiger partial charge in [-0.2, -0.15) is 0 Å². The van der Waals surface area contributed by atoms with Crippen molar-refractivity contribution in [1.29, 1.82) is 0 Å². The molecule has 0 aliphatic carbocycles. The number of hydrogen-bond acceptors (Lipinski definition) is 2. The Bertz CT molecular complexity index is 428. The van der Waals surface area contributed by atoms with E-state index in [1.807, 2.05) is 0 Å². The van der Waals surface area contributed by atoms with Crippen LogP contribution >= 0.6 is 0 Å². The highest BCUT2D eigenvalue weighted by molar-refractivity contribution is 7.89. The monoisotopic (exact) mass is 217 g/mol. The zero-order valence-corrected chi connectivity index (χ0v) is 8.86. The third-order valence-electron chi connectivity index (χ3n) is 1.78. The fourth-order valence-electron chi connectivity index (χ4n) is 1.10. The van der Waals surface area contributed by atoms with Crippen molar-refractivity contribution in [2.75, 3.05) is 6.54 Å². The van der Waals surface area contributed by atoms with Gasteiger partial charge in [0.15, 0.2) is 0 Å². The van der Waals surface area contributed by atoms with E-state index < -0.39 is 15.8 Å². The lowest BCUT2D eigenvalue weighted by molar-refractivity contribution is 0.554. The lowest BCUT2D eigenvalue weighted by Crippen LogP contribution is -2.24. The minimum absolute atomic E-state index is 0.246. The van der Waals surface area contributed by atoms with Gasteiger partial charge < -0.3 is 0 Å². The summed E-state index contributed by atoms with van der Waals surface area (Å²) in [6.07, 6.45) is 0. The quantitative estimate of drug-likeness (QED) is 0.832. The van der Waals surface area contributed by atoms with Crippen LogP contribution in [0.2, 0.25) is 0 Å². The minimum atomic E-state index is -3.69. The zero-order valence-electron chi connectivity index (χ0n) is 8.04. The molecule has 3 nitrogen and oxygen atoms in total. The predicted molar refractivity (Wildman–Crippen MR) is 52.0 cm³/mol. The highest BCUT2D eigenvalue weighted by Gasteiger charge is 2.18. The van der Waals surface area contributed by atoms with Gasteiger partial charge >= 0.3 is 0 Å². The summed E-state index contributed by atoms with van der Waals surface area (Å²) in [5.41, 5.74) is 0.323. The van der Waals surface area contributed by atoms with Gasteiger partial charge in [-0.3, -0.25) is 0 Å². The molecule has 0 unspecified atom stereocenters. The van der Waals surface area contributed by atoms with E-state index in [9.17, 15) is 12.8 Å². The van der Waals surface area contributed by atoms with E-state index in [0.29, 0.717) is 5.56 Å². The molecule has 0 atom stereocenters. The van der Waals surface area contributed by atoms with Crippen LogP contribution in [0.1, 0.15) is 12.5 Å². The molecule has 5 heteroatoms. The summed E-state index contributed by atoms with van der Waals surface area (Å²) >= 11 is 0. The number of nitrogens with one attached hydrogen (secondary N) is 1. The fraction of sp³-hybridized carbons (Fsp3) is 0.333. The third kappa shape index (κ3) is 2.10. The van der Waals surface area contributed by atoms with Gasteiger partial charge in [0.2, 0.25) is 10.0 Å². The van der Waals surface area contributed by atoms with E-state index in [-0.39, 0.29) is 11.4 Å². The molecule has 0 saturated carbocycles. The maximum Gasteiger partial charge on any atom is 0.243 e. The van der Waals surface area contributed by atoms with Gasteiger partial charge in [-0.05, 0) is 18.6 Å². The Morgan fingerprint density at radius 3 is 2.64 bits per heavy atom. The Balaban J connectivity index is 3.27. The largest absolute Gasteiger partial charge is 0.243 e. The second-order valence-electron chi connectivity index (χ2n) is 2.89. The minimum Gasteiger partial charge on any atom is -0.211 e. The number of benzene rings is 1. The van der Waals surface area contributed by atoms with Crippen LogP contribution in [0.25, 0.3) is 0 Å². The van der Waals surface area contributed by atoms with E-state index in [1.165, 1.54) is 25.1 Å². The average molecular weight is 217 g/mol. The first-order valence-corrected chi connectivity index (χ1v) is 5.72. The number of rotatable bonds is 3. The van der Waals surface area contributed by atoms with Gasteiger partial charge in [-0.15, -0.1) is 0 Å². The average Bonchev–Trinajstić information content (AvgIpc) is 2.09. The maximum absolute atomic E-state index is 13.4. The van der Waals surface area contributed by atoms with E-state index >= 15 is 0 Å². The van der Waals surface area contributed by atoms with Crippen molar-refractivity contribution in [1.82, 2.24) is 4.72 Å². The summed E-state index contributed by atoms with van der Waals surface area (Å²) in [7, 11) is -3.69. The molecule has 0 saturated heterocycles. The Morgan fingerprint density at radius 1 is 1.43 bits per heavy atom. The SMILES string of the molecule is CCNS(=O)(=O)c1cccc(C)c1F. The Labute approximate surface area is 83.0 Å². The van der Waals surface area contributed by atoms with Crippen LogP contribution in [-0.2, 0) is 10.0 Å². The zero-order chi connectivity index (χ0) is 10.8. The Kier molecular flexibility index (Phi) is 3.23. The van der Waals surface area contributed by atoms with Crippen molar-refractivity contribution in [3.8, 4) is 0 Å². The molecular weight excluding hydrogens is 205 g/mol. The molecule has 0 aliphatic rings. The molecule has 0 aromatic heterocycles. The number of aryl methyl sites for hydroxylation is 1. The standard InChI is InChI=1S/C9H12FNO2S/c1-3-11-14(12,13)8-6-4-5-7(2)9(8)10/h4-6,11H,3H2,1-2H3. The van der Waals surface area contributed by atoms with Crippen molar-refractivity contribution < 1.29 is 12.8 Å². The molecule has 0 amide bonds. The van der Waals surface area contributed by atoms with Gasteiger partial charge in [0.05, 0.1) is 0 Å². The van der Waals surface area contributed by atoms with Crippen molar-refractivity contribution in [2.24, 2.45) is 0 Å². The molecule has 0 spiro atoms. The third-order valence-corrected chi connectivity index (χ3v) is 3.34. The number of sulfonamides is 1. The smallest absolute Gasteiger partial charge is 0.211 e. The summed E-state index contributed by atoms with van der Waals surface area (Å²) in [5.74, 6) is -0.687. The van der Waals surface area contributed by atoms with E-state index in [4.69, 9.17) is 0 Å². The van der Waals surface area contributed by atoms with Crippen LogP contribution in [0.15, 0.2) is 23.1 Å². The van der Waals surface area contributed by atoms with Crippen molar-refractivity contribution in [2.45, 2.75) is 18.7 Å². The molecule has 14 heavy (non-hydrogen) atoms. The molecule has 78 valence electrons. The topological polar surface area (TPSA) is 46.2 Å². The Morgan fingerprint density at radius 2 is 2.07 bits per heavy atom. The van der Waals surface area contributed by atoms with Gasteiger partial charge in [-0.25, -0.2) is 17.5 Å². The van der Waals surface area contributed by atoms with Crippen molar-refractivity contribution in [3.63, 3.8) is 0 Å². The summed E-state index contributed by atoms with van der Waals surface area (Å²) in [6.45, 7) is 3.42. The molecular formula is C9H12FNO2S. The second-order valence-corrected chi connectivity index (χ2v) is 4.62. The molecule has 1 aromatic carbocycles. The first kappa shape index (κ1) is 11.1. The molecule has 0 heterocycles. The van der Waals surface area contributed by atoms with Crippen molar-refractivity contribution in [3.05, 3.63) is 29.6 Å². The summed E-state index contributed by atoms with van der Waals surface area (Å²) in [6, 6.07) is 4.29. The normalized spacial score (nSPS) is 11.6. The van der Waals surface area contributed by atoms with Crippen molar-refractivity contribution >= 4 is 10.0 Å². The summed E-state index contributed by atoms with van der Waals surface area (Å²) in [4.78, 5) is -0.292. The van der Waals surface area contributed by atoms with E-state index in [1.54, 1.807) is 6.92 Å². The fourth-order valence-corrected chi connectivity index (χ4v) is 2.29. The molecule has 1 rings (SSSR count). The first-order chi connectivity index (χ1) is 6.49. The summed E-state index contributed by atoms with van der Waals surface area (Å²) in [5, 5.41) is 0. The van der Waals surface area contributed by atoms with E-state index in [0.717, 1.165) is 0 Å². The van der Waals surface area contributed by atoms with Crippen LogP contribution in [0.3, 0.4) is 0 Å². The maximum atomic E-state index is 13.4.